The monoisotopic (exact) mass is 411 g/mol. The van der Waals surface area contributed by atoms with Gasteiger partial charge in [-0.05, 0) is 38.1 Å². The molecule has 2 heterocycles. The molecule has 0 bridgehead atoms. The molecule has 29 heavy (non-hydrogen) atoms. The van der Waals surface area contributed by atoms with Gasteiger partial charge >= 0.3 is 0 Å². The van der Waals surface area contributed by atoms with Gasteiger partial charge in [0.05, 0.1) is 29.6 Å². The van der Waals surface area contributed by atoms with Crippen molar-refractivity contribution >= 4 is 17.5 Å². The average molecular weight is 412 g/mol. The van der Waals surface area contributed by atoms with E-state index in [0.29, 0.717) is 41.8 Å². The quantitative estimate of drug-likeness (QED) is 0.697. The fraction of sp³-hybridized carbons (Fsp3) is 0.273. The van der Waals surface area contributed by atoms with E-state index < -0.39 is 0 Å². The number of hydrogen-bond donors (Lipinski definition) is 1. The van der Waals surface area contributed by atoms with Crippen LogP contribution in [0.3, 0.4) is 0 Å². The Morgan fingerprint density at radius 2 is 1.93 bits per heavy atom. The summed E-state index contributed by atoms with van der Waals surface area (Å²) in [5.41, 5.74) is 4.28. The van der Waals surface area contributed by atoms with Crippen molar-refractivity contribution in [3.8, 4) is 17.2 Å². The SMILES string of the molecule is Cc1nn(-c2ccccc2)c(C)c1CNC(=O)c1cc(Cl)c2c(c1)OCCCO2. The number of aromatic nitrogens is 2. The van der Waals surface area contributed by atoms with Crippen molar-refractivity contribution in [2.45, 2.75) is 26.8 Å². The number of carbonyl (C=O) groups excluding carboxylic acids is 1. The van der Waals surface area contributed by atoms with Gasteiger partial charge in [0, 0.05) is 29.8 Å². The molecule has 0 spiro atoms. The van der Waals surface area contributed by atoms with Gasteiger partial charge < -0.3 is 14.8 Å². The van der Waals surface area contributed by atoms with E-state index in [9.17, 15) is 4.79 Å². The second-order valence-electron chi connectivity index (χ2n) is 6.92. The summed E-state index contributed by atoms with van der Waals surface area (Å²) in [7, 11) is 0. The highest BCUT2D eigenvalue weighted by atomic mass is 35.5. The molecule has 0 unspecified atom stereocenters. The number of benzene rings is 2. The summed E-state index contributed by atoms with van der Waals surface area (Å²) in [5, 5.41) is 7.96. The Kier molecular flexibility index (Phi) is 5.45. The van der Waals surface area contributed by atoms with Crippen molar-refractivity contribution in [3.63, 3.8) is 0 Å². The van der Waals surface area contributed by atoms with Crippen LogP contribution < -0.4 is 14.8 Å². The van der Waals surface area contributed by atoms with E-state index in [1.165, 1.54) is 0 Å². The topological polar surface area (TPSA) is 65.4 Å². The van der Waals surface area contributed by atoms with E-state index in [1.807, 2.05) is 48.9 Å². The standard InChI is InChI=1S/C22H22ClN3O3/c1-14-18(15(2)26(25-14)17-7-4-3-5-8-17)13-24-22(27)16-11-19(23)21-20(12-16)28-9-6-10-29-21/h3-5,7-8,11-12H,6,9-10,13H2,1-2H3,(H,24,27). The molecule has 4 rings (SSSR count). The van der Waals surface area contributed by atoms with Gasteiger partial charge in [-0.25, -0.2) is 4.68 Å². The van der Waals surface area contributed by atoms with Gasteiger partial charge in [-0.15, -0.1) is 0 Å². The highest BCUT2D eigenvalue weighted by Gasteiger charge is 2.19. The molecule has 6 nitrogen and oxygen atoms in total. The van der Waals surface area contributed by atoms with Crippen molar-refractivity contribution < 1.29 is 14.3 Å². The highest BCUT2D eigenvalue weighted by Crippen LogP contribution is 2.38. The van der Waals surface area contributed by atoms with Crippen LogP contribution >= 0.6 is 11.6 Å². The van der Waals surface area contributed by atoms with Crippen molar-refractivity contribution in [3.05, 3.63) is 70.0 Å². The summed E-state index contributed by atoms with van der Waals surface area (Å²) >= 11 is 6.30. The molecule has 1 N–H and O–H groups in total. The van der Waals surface area contributed by atoms with Crippen molar-refractivity contribution in [1.29, 1.82) is 0 Å². The van der Waals surface area contributed by atoms with E-state index in [0.717, 1.165) is 29.1 Å². The van der Waals surface area contributed by atoms with Crippen molar-refractivity contribution in [2.24, 2.45) is 0 Å². The third-order valence-corrected chi connectivity index (χ3v) is 5.21. The third-order valence-electron chi connectivity index (χ3n) is 4.93. The minimum atomic E-state index is -0.228. The fourth-order valence-corrected chi connectivity index (χ4v) is 3.65. The zero-order valence-electron chi connectivity index (χ0n) is 16.4. The highest BCUT2D eigenvalue weighted by molar-refractivity contribution is 6.32. The second kappa shape index (κ2) is 8.17. The molecule has 0 fully saturated rings. The van der Waals surface area contributed by atoms with Crippen LogP contribution in [0.4, 0.5) is 0 Å². The average Bonchev–Trinajstić information content (AvgIpc) is 2.88. The van der Waals surface area contributed by atoms with Gasteiger partial charge in [0.1, 0.15) is 0 Å². The van der Waals surface area contributed by atoms with Gasteiger partial charge in [-0.1, -0.05) is 29.8 Å². The summed E-state index contributed by atoms with van der Waals surface area (Å²) in [5.74, 6) is 0.773. The van der Waals surface area contributed by atoms with Gasteiger partial charge in [0.15, 0.2) is 11.5 Å². The van der Waals surface area contributed by atoms with Crippen LogP contribution in [0, 0.1) is 13.8 Å². The third kappa shape index (κ3) is 3.93. The lowest BCUT2D eigenvalue weighted by Gasteiger charge is -2.12. The number of carbonyl (C=O) groups is 1. The first-order valence-corrected chi connectivity index (χ1v) is 9.90. The summed E-state index contributed by atoms with van der Waals surface area (Å²) < 4.78 is 13.2. The number of rotatable bonds is 4. The number of para-hydroxylation sites is 1. The van der Waals surface area contributed by atoms with Crippen LogP contribution in [0.5, 0.6) is 11.5 Å². The minimum absolute atomic E-state index is 0.228. The van der Waals surface area contributed by atoms with Gasteiger partial charge in [-0.2, -0.15) is 5.10 Å². The van der Waals surface area contributed by atoms with E-state index in [1.54, 1.807) is 12.1 Å². The summed E-state index contributed by atoms with van der Waals surface area (Å²) in [6, 6.07) is 13.2. The van der Waals surface area contributed by atoms with Crippen LogP contribution in [0.25, 0.3) is 5.69 Å². The number of nitrogens with zero attached hydrogens (tertiary/aromatic N) is 2. The van der Waals surface area contributed by atoms with Gasteiger partial charge in [0.25, 0.3) is 5.91 Å². The lowest BCUT2D eigenvalue weighted by Crippen LogP contribution is -2.23. The summed E-state index contributed by atoms with van der Waals surface area (Å²) in [6.07, 6.45) is 0.774. The number of nitrogens with one attached hydrogen (secondary N) is 1. The minimum Gasteiger partial charge on any atom is -0.489 e. The zero-order valence-corrected chi connectivity index (χ0v) is 17.1. The van der Waals surface area contributed by atoms with E-state index in [-0.39, 0.29) is 5.91 Å². The number of amides is 1. The van der Waals surface area contributed by atoms with Crippen molar-refractivity contribution in [1.82, 2.24) is 15.1 Å². The zero-order chi connectivity index (χ0) is 20.4. The van der Waals surface area contributed by atoms with Crippen LogP contribution in [0.2, 0.25) is 5.02 Å². The summed E-state index contributed by atoms with van der Waals surface area (Å²) in [4.78, 5) is 12.7. The maximum absolute atomic E-state index is 12.7. The van der Waals surface area contributed by atoms with Crippen LogP contribution in [-0.2, 0) is 6.54 Å². The molecular formula is C22H22ClN3O3. The lowest BCUT2D eigenvalue weighted by atomic mass is 10.1. The molecule has 0 radical (unpaired) electrons. The first-order chi connectivity index (χ1) is 14.0. The molecule has 1 aromatic heterocycles. The smallest absolute Gasteiger partial charge is 0.251 e. The molecule has 1 aliphatic rings. The molecule has 0 saturated heterocycles. The van der Waals surface area contributed by atoms with Crippen molar-refractivity contribution in [2.75, 3.05) is 13.2 Å². The molecule has 0 aliphatic carbocycles. The molecule has 150 valence electrons. The molecule has 1 aliphatic heterocycles. The maximum atomic E-state index is 12.7. The predicted octanol–water partition coefficient (Wildman–Crippen LogP) is 4.23. The molecule has 1 amide bonds. The molecule has 0 atom stereocenters. The molecule has 0 saturated carbocycles. The largest absolute Gasteiger partial charge is 0.489 e. The molecule has 7 heteroatoms. The Bertz CT molecular complexity index is 1050. The van der Waals surface area contributed by atoms with E-state index in [2.05, 4.69) is 10.4 Å². The predicted molar refractivity (Wildman–Crippen MR) is 111 cm³/mol. The number of fused-ring (bicyclic) bond motifs is 1. The Balaban J connectivity index is 1.53. The normalized spacial score (nSPS) is 13.1. The number of hydrogen-bond acceptors (Lipinski definition) is 4. The Morgan fingerprint density at radius 3 is 2.72 bits per heavy atom. The van der Waals surface area contributed by atoms with Crippen LogP contribution in [0.15, 0.2) is 42.5 Å². The van der Waals surface area contributed by atoms with Crippen LogP contribution in [0.1, 0.15) is 33.7 Å². The number of ether oxygens (including phenoxy) is 2. The Labute approximate surface area is 174 Å². The maximum Gasteiger partial charge on any atom is 0.251 e. The van der Waals surface area contributed by atoms with Gasteiger partial charge in [-0.3, -0.25) is 4.79 Å². The Hall–Kier alpha value is -2.99. The molecular weight excluding hydrogens is 390 g/mol. The molecule has 2 aromatic carbocycles. The summed E-state index contributed by atoms with van der Waals surface area (Å²) in [6.45, 7) is 5.39. The first-order valence-electron chi connectivity index (χ1n) is 9.52. The number of halogens is 1. The van der Waals surface area contributed by atoms with Gasteiger partial charge in [0.2, 0.25) is 0 Å². The fourth-order valence-electron chi connectivity index (χ4n) is 3.38. The van der Waals surface area contributed by atoms with Crippen LogP contribution in [-0.4, -0.2) is 28.9 Å². The second-order valence-corrected chi connectivity index (χ2v) is 7.32. The first kappa shape index (κ1) is 19.3. The lowest BCUT2D eigenvalue weighted by molar-refractivity contribution is 0.0950. The Morgan fingerprint density at radius 1 is 1.17 bits per heavy atom. The van der Waals surface area contributed by atoms with E-state index >= 15 is 0 Å². The van der Waals surface area contributed by atoms with E-state index in [4.69, 9.17) is 21.1 Å². The number of aryl methyl sites for hydroxylation is 1. The molecule has 3 aromatic rings.